The number of fused-ring (bicyclic) bond motifs is 1. The van der Waals surface area contributed by atoms with Gasteiger partial charge in [0.05, 0.1) is 12.8 Å². The molecule has 0 saturated heterocycles. The summed E-state index contributed by atoms with van der Waals surface area (Å²) in [4.78, 5) is 4.98. The van der Waals surface area contributed by atoms with Crippen molar-refractivity contribution in [3.63, 3.8) is 0 Å². The quantitative estimate of drug-likeness (QED) is 0.654. The lowest BCUT2D eigenvalue weighted by molar-refractivity contribution is 0.415. The second kappa shape index (κ2) is 6.48. The fourth-order valence-electron chi connectivity index (χ4n) is 3.49. The molecule has 1 heterocycles. The predicted octanol–water partition coefficient (Wildman–Crippen LogP) is 5.30. The Balaban J connectivity index is 1.86. The normalized spacial score (nSPS) is 13.4. The molecule has 0 bridgehead atoms. The Kier molecular flexibility index (Phi) is 4.04. The lowest BCUT2D eigenvalue weighted by atomic mass is 9.88. The Morgan fingerprint density at radius 3 is 2.33 bits per heavy atom. The first kappa shape index (κ1) is 14.9. The number of hydrogen-bond acceptors (Lipinski definition) is 2. The third kappa shape index (κ3) is 2.80. The third-order valence-corrected chi connectivity index (χ3v) is 4.77. The van der Waals surface area contributed by atoms with Crippen molar-refractivity contribution in [2.75, 3.05) is 7.11 Å². The van der Waals surface area contributed by atoms with Gasteiger partial charge in [0.15, 0.2) is 0 Å². The second-order valence-electron chi connectivity index (χ2n) is 6.28. The Labute approximate surface area is 143 Å². The molecule has 1 aromatic heterocycles. The summed E-state index contributed by atoms with van der Waals surface area (Å²) in [7, 11) is 1.69. The van der Waals surface area contributed by atoms with Gasteiger partial charge < -0.3 is 4.74 Å². The van der Waals surface area contributed by atoms with Gasteiger partial charge in [0.25, 0.3) is 0 Å². The standard InChI is InChI=1S/C22H21NO/c1-24-18-13-11-17(12-14-18)22-15-20(16-7-3-2-4-8-16)19-9-5-6-10-21(19)23-22/h2-4,7-8,11-15H,5-6,9-10H2,1H3. The first-order valence-electron chi connectivity index (χ1n) is 8.58. The van der Waals surface area contributed by atoms with Gasteiger partial charge in [0.1, 0.15) is 5.75 Å². The maximum absolute atomic E-state index is 5.27. The molecular weight excluding hydrogens is 294 g/mol. The van der Waals surface area contributed by atoms with Crippen molar-refractivity contribution in [1.82, 2.24) is 4.98 Å². The maximum Gasteiger partial charge on any atom is 0.118 e. The van der Waals surface area contributed by atoms with E-state index in [0.29, 0.717) is 0 Å². The van der Waals surface area contributed by atoms with Crippen LogP contribution in [0.1, 0.15) is 24.1 Å². The van der Waals surface area contributed by atoms with Crippen LogP contribution in [-0.4, -0.2) is 12.1 Å². The van der Waals surface area contributed by atoms with E-state index in [1.54, 1.807) is 7.11 Å². The molecule has 1 aliphatic rings. The molecule has 0 fully saturated rings. The van der Waals surface area contributed by atoms with Gasteiger partial charge in [-0.25, -0.2) is 0 Å². The monoisotopic (exact) mass is 315 g/mol. The topological polar surface area (TPSA) is 22.1 Å². The van der Waals surface area contributed by atoms with Crippen molar-refractivity contribution in [1.29, 1.82) is 0 Å². The number of benzene rings is 2. The highest BCUT2D eigenvalue weighted by Crippen LogP contribution is 2.34. The lowest BCUT2D eigenvalue weighted by Crippen LogP contribution is -2.08. The van der Waals surface area contributed by atoms with Crippen LogP contribution in [-0.2, 0) is 12.8 Å². The summed E-state index contributed by atoms with van der Waals surface area (Å²) in [5.41, 5.74) is 7.52. The highest BCUT2D eigenvalue weighted by Gasteiger charge is 2.18. The van der Waals surface area contributed by atoms with Gasteiger partial charge in [-0.05, 0) is 72.7 Å². The van der Waals surface area contributed by atoms with Crippen molar-refractivity contribution in [3.05, 3.63) is 71.9 Å². The van der Waals surface area contributed by atoms with E-state index in [9.17, 15) is 0 Å². The van der Waals surface area contributed by atoms with E-state index in [0.717, 1.165) is 29.8 Å². The molecule has 0 spiro atoms. The van der Waals surface area contributed by atoms with Gasteiger partial charge in [0.2, 0.25) is 0 Å². The van der Waals surface area contributed by atoms with E-state index in [2.05, 4.69) is 48.5 Å². The summed E-state index contributed by atoms with van der Waals surface area (Å²) in [6.07, 6.45) is 4.71. The summed E-state index contributed by atoms with van der Waals surface area (Å²) in [6.45, 7) is 0. The number of aryl methyl sites for hydroxylation is 1. The van der Waals surface area contributed by atoms with E-state index in [4.69, 9.17) is 9.72 Å². The minimum absolute atomic E-state index is 0.875. The van der Waals surface area contributed by atoms with E-state index in [1.165, 1.54) is 35.2 Å². The van der Waals surface area contributed by atoms with Crippen molar-refractivity contribution >= 4 is 0 Å². The number of hydrogen-bond donors (Lipinski definition) is 0. The molecular formula is C22H21NO. The fourth-order valence-corrected chi connectivity index (χ4v) is 3.49. The molecule has 4 rings (SSSR count). The molecule has 2 aromatic carbocycles. The number of nitrogens with zero attached hydrogens (tertiary/aromatic N) is 1. The first-order valence-corrected chi connectivity index (χ1v) is 8.58. The Morgan fingerprint density at radius 2 is 1.58 bits per heavy atom. The molecule has 120 valence electrons. The zero-order chi connectivity index (χ0) is 16.4. The molecule has 0 unspecified atom stereocenters. The third-order valence-electron chi connectivity index (χ3n) is 4.77. The fraction of sp³-hybridized carbons (Fsp3) is 0.227. The average Bonchev–Trinajstić information content (AvgIpc) is 2.68. The summed E-state index contributed by atoms with van der Waals surface area (Å²) in [6, 6.07) is 21.1. The largest absolute Gasteiger partial charge is 0.497 e. The van der Waals surface area contributed by atoms with Crippen molar-refractivity contribution in [2.24, 2.45) is 0 Å². The van der Waals surface area contributed by atoms with Gasteiger partial charge >= 0.3 is 0 Å². The van der Waals surface area contributed by atoms with Crippen LogP contribution < -0.4 is 4.74 Å². The lowest BCUT2D eigenvalue weighted by Gasteiger charge is -2.20. The summed E-state index contributed by atoms with van der Waals surface area (Å²) < 4.78 is 5.27. The van der Waals surface area contributed by atoms with Gasteiger partial charge in [-0.15, -0.1) is 0 Å². The smallest absolute Gasteiger partial charge is 0.118 e. The summed E-state index contributed by atoms with van der Waals surface area (Å²) >= 11 is 0. The van der Waals surface area contributed by atoms with Crippen LogP contribution in [0.3, 0.4) is 0 Å². The number of methoxy groups -OCH3 is 1. The SMILES string of the molecule is COc1ccc(-c2cc(-c3ccccc3)c3c(n2)CCCC3)cc1. The first-order chi connectivity index (χ1) is 11.8. The predicted molar refractivity (Wildman–Crippen MR) is 98.3 cm³/mol. The number of pyridine rings is 1. The highest BCUT2D eigenvalue weighted by atomic mass is 16.5. The summed E-state index contributed by atoms with van der Waals surface area (Å²) in [5, 5.41) is 0. The molecule has 1 aliphatic carbocycles. The molecule has 0 aliphatic heterocycles. The average molecular weight is 315 g/mol. The van der Waals surface area contributed by atoms with Gasteiger partial charge in [-0.1, -0.05) is 30.3 Å². The van der Waals surface area contributed by atoms with E-state index in [1.807, 2.05) is 12.1 Å². The molecule has 0 amide bonds. The molecule has 2 heteroatoms. The molecule has 0 atom stereocenters. The number of ether oxygens (including phenoxy) is 1. The van der Waals surface area contributed by atoms with Crippen LogP contribution in [0.4, 0.5) is 0 Å². The van der Waals surface area contributed by atoms with E-state index < -0.39 is 0 Å². The van der Waals surface area contributed by atoms with Gasteiger partial charge in [-0.2, -0.15) is 0 Å². The van der Waals surface area contributed by atoms with Crippen molar-refractivity contribution < 1.29 is 4.74 Å². The van der Waals surface area contributed by atoms with Gasteiger partial charge in [-0.3, -0.25) is 4.98 Å². The number of aromatic nitrogens is 1. The minimum atomic E-state index is 0.875. The summed E-state index contributed by atoms with van der Waals surface area (Å²) in [5.74, 6) is 0.875. The zero-order valence-corrected chi connectivity index (χ0v) is 14.0. The van der Waals surface area contributed by atoms with Crippen LogP contribution >= 0.6 is 0 Å². The van der Waals surface area contributed by atoms with Crippen molar-refractivity contribution in [3.8, 4) is 28.1 Å². The van der Waals surface area contributed by atoms with Crippen LogP contribution in [0, 0.1) is 0 Å². The minimum Gasteiger partial charge on any atom is -0.497 e. The van der Waals surface area contributed by atoms with Crippen LogP contribution in [0.25, 0.3) is 22.4 Å². The van der Waals surface area contributed by atoms with Crippen LogP contribution in [0.15, 0.2) is 60.7 Å². The van der Waals surface area contributed by atoms with E-state index >= 15 is 0 Å². The molecule has 24 heavy (non-hydrogen) atoms. The Morgan fingerprint density at radius 1 is 0.833 bits per heavy atom. The molecule has 0 saturated carbocycles. The second-order valence-corrected chi connectivity index (χ2v) is 6.28. The van der Waals surface area contributed by atoms with Crippen LogP contribution in [0.5, 0.6) is 5.75 Å². The van der Waals surface area contributed by atoms with E-state index in [-0.39, 0.29) is 0 Å². The Hall–Kier alpha value is -2.61. The maximum atomic E-state index is 5.27. The van der Waals surface area contributed by atoms with Gasteiger partial charge in [0, 0.05) is 11.3 Å². The van der Waals surface area contributed by atoms with Crippen molar-refractivity contribution in [2.45, 2.75) is 25.7 Å². The molecule has 0 N–H and O–H groups in total. The highest BCUT2D eigenvalue weighted by molar-refractivity contribution is 5.74. The molecule has 2 nitrogen and oxygen atoms in total. The zero-order valence-electron chi connectivity index (χ0n) is 14.0. The van der Waals surface area contributed by atoms with Crippen LogP contribution in [0.2, 0.25) is 0 Å². The molecule has 3 aromatic rings. The molecule has 0 radical (unpaired) electrons. The number of rotatable bonds is 3. The Bertz CT molecular complexity index is 838.